The van der Waals surface area contributed by atoms with E-state index in [0.717, 1.165) is 24.0 Å². The van der Waals surface area contributed by atoms with Crippen LogP contribution in [0.1, 0.15) is 56.6 Å². The van der Waals surface area contributed by atoms with Gasteiger partial charge in [-0.25, -0.2) is 8.42 Å². The summed E-state index contributed by atoms with van der Waals surface area (Å²) < 4.78 is 23.3. The summed E-state index contributed by atoms with van der Waals surface area (Å²) in [4.78, 5) is 0.482. The van der Waals surface area contributed by atoms with Gasteiger partial charge in [0, 0.05) is 6.26 Å². The van der Waals surface area contributed by atoms with E-state index in [2.05, 4.69) is 13.0 Å². The molecule has 0 amide bonds. The molecule has 0 bridgehead atoms. The fraction of sp³-hybridized carbons (Fsp3) is 0.625. The van der Waals surface area contributed by atoms with Crippen molar-refractivity contribution < 1.29 is 8.42 Å². The second kappa shape index (κ2) is 7.68. The molecular formula is C16H26O2S. The van der Waals surface area contributed by atoms with Crippen molar-refractivity contribution in [2.24, 2.45) is 0 Å². The molecule has 1 aromatic carbocycles. The van der Waals surface area contributed by atoms with Crippen LogP contribution in [0.25, 0.3) is 0 Å². The summed E-state index contributed by atoms with van der Waals surface area (Å²) in [5, 5.41) is 0. The third-order valence-electron chi connectivity index (χ3n) is 3.47. The summed E-state index contributed by atoms with van der Waals surface area (Å²) in [5.41, 5.74) is 1.98. The van der Waals surface area contributed by atoms with Gasteiger partial charge in [-0.3, -0.25) is 0 Å². The molecule has 1 rings (SSSR count). The maximum absolute atomic E-state index is 11.7. The number of hydrogen-bond acceptors (Lipinski definition) is 2. The molecule has 108 valence electrons. The summed E-state index contributed by atoms with van der Waals surface area (Å²) in [6.45, 7) is 4.07. The van der Waals surface area contributed by atoms with Crippen molar-refractivity contribution >= 4 is 9.84 Å². The van der Waals surface area contributed by atoms with Crippen molar-refractivity contribution in [1.82, 2.24) is 0 Å². The number of sulfone groups is 1. The van der Waals surface area contributed by atoms with Crippen LogP contribution in [0.15, 0.2) is 23.1 Å². The SMILES string of the molecule is CCCCCCCCc1ccc(C)c(S(C)(=O)=O)c1. The summed E-state index contributed by atoms with van der Waals surface area (Å²) in [6.07, 6.45) is 9.85. The fourth-order valence-electron chi connectivity index (χ4n) is 2.31. The molecule has 0 aliphatic heterocycles. The molecule has 0 heterocycles. The summed E-state index contributed by atoms with van der Waals surface area (Å²) >= 11 is 0. The average molecular weight is 282 g/mol. The van der Waals surface area contributed by atoms with Gasteiger partial charge in [-0.15, -0.1) is 0 Å². The Balaban J connectivity index is 2.52. The molecule has 0 atom stereocenters. The van der Waals surface area contributed by atoms with E-state index >= 15 is 0 Å². The molecule has 1 aromatic rings. The maximum atomic E-state index is 11.7. The topological polar surface area (TPSA) is 34.1 Å². The van der Waals surface area contributed by atoms with Crippen LogP contribution in [-0.2, 0) is 16.3 Å². The van der Waals surface area contributed by atoms with Crippen LogP contribution in [0, 0.1) is 6.92 Å². The van der Waals surface area contributed by atoms with Crippen molar-refractivity contribution in [3.63, 3.8) is 0 Å². The molecule has 0 radical (unpaired) electrons. The highest BCUT2D eigenvalue weighted by Crippen LogP contribution is 2.18. The molecule has 0 saturated carbocycles. The van der Waals surface area contributed by atoms with Crippen LogP contribution in [0.5, 0.6) is 0 Å². The lowest BCUT2D eigenvalue weighted by atomic mass is 10.0. The van der Waals surface area contributed by atoms with Crippen molar-refractivity contribution in [2.75, 3.05) is 6.26 Å². The predicted octanol–water partition coefficient (Wildman–Crippen LogP) is 4.30. The molecular weight excluding hydrogens is 256 g/mol. The maximum Gasteiger partial charge on any atom is 0.175 e. The Bertz CT molecular complexity index is 489. The van der Waals surface area contributed by atoms with E-state index in [1.807, 2.05) is 19.1 Å². The third kappa shape index (κ3) is 5.77. The Kier molecular flexibility index (Phi) is 6.56. The monoisotopic (exact) mass is 282 g/mol. The smallest absolute Gasteiger partial charge is 0.175 e. The molecule has 19 heavy (non-hydrogen) atoms. The minimum atomic E-state index is -3.10. The predicted molar refractivity (Wildman–Crippen MR) is 81.4 cm³/mol. The van der Waals surface area contributed by atoms with Gasteiger partial charge >= 0.3 is 0 Å². The van der Waals surface area contributed by atoms with Gasteiger partial charge in [0.15, 0.2) is 9.84 Å². The van der Waals surface area contributed by atoms with Gasteiger partial charge in [0.1, 0.15) is 0 Å². The van der Waals surface area contributed by atoms with Crippen molar-refractivity contribution in [1.29, 1.82) is 0 Å². The van der Waals surface area contributed by atoms with Crippen molar-refractivity contribution in [3.8, 4) is 0 Å². The molecule has 0 N–H and O–H groups in total. The molecule has 3 heteroatoms. The number of benzene rings is 1. The second-order valence-electron chi connectivity index (χ2n) is 5.39. The Labute approximate surface area is 118 Å². The van der Waals surface area contributed by atoms with Gasteiger partial charge in [-0.2, -0.15) is 0 Å². The largest absolute Gasteiger partial charge is 0.224 e. The molecule has 0 aliphatic rings. The van der Waals surface area contributed by atoms with Crippen LogP contribution in [-0.4, -0.2) is 14.7 Å². The van der Waals surface area contributed by atoms with E-state index in [-0.39, 0.29) is 0 Å². The van der Waals surface area contributed by atoms with E-state index in [9.17, 15) is 8.42 Å². The van der Waals surface area contributed by atoms with Crippen LogP contribution >= 0.6 is 0 Å². The molecule has 0 fully saturated rings. The normalized spacial score (nSPS) is 11.7. The van der Waals surface area contributed by atoms with Gasteiger partial charge in [0.05, 0.1) is 4.90 Å². The standard InChI is InChI=1S/C16H26O2S/c1-4-5-6-7-8-9-10-15-12-11-14(2)16(13-15)19(3,17)18/h11-13H,4-10H2,1-3H3. The third-order valence-corrected chi connectivity index (χ3v) is 4.71. The lowest BCUT2D eigenvalue weighted by Gasteiger charge is -2.07. The molecule has 0 aromatic heterocycles. The zero-order valence-corrected chi connectivity index (χ0v) is 13.2. The first kappa shape index (κ1) is 16.2. The molecule has 0 saturated heterocycles. The minimum absolute atomic E-state index is 0.482. The number of unbranched alkanes of at least 4 members (excludes halogenated alkanes) is 5. The minimum Gasteiger partial charge on any atom is -0.224 e. The van der Waals surface area contributed by atoms with Crippen LogP contribution < -0.4 is 0 Å². The van der Waals surface area contributed by atoms with Gasteiger partial charge in [-0.05, 0) is 37.0 Å². The Morgan fingerprint density at radius 3 is 2.26 bits per heavy atom. The first-order valence-corrected chi connectivity index (χ1v) is 9.14. The Morgan fingerprint density at radius 2 is 1.63 bits per heavy atom. The highest BCUT2D eigenvalue weighted by molar-refractivity contribution is 7.90. The van der Waals surface area contributed by atoms with Gasteiger partial charge in [-0.1, -0.05) is 51.2 Å². The van der Waals surface area contributed by atoms with E-state index < -0.39 is 9.84 Å². The molecule has 2 nitrogen and oxygen atoms in total. The summed E-state index contributed by atoms with van der Waals surface area (Å²) in [5.74, 6) is 0. The second-order valence-corrected chi connectivity index (χ2v) is 7.37. The zero-order valence-electron chi connectivity index (χ0n) is 12.4. The summed E-state index contributed by atoms with van der Waals surface area (Å²) in [7, 11) is -3.10. The van der Waals surface area contributed by atoms with Crippen LogP contribution in [0.3, 0.4) is 0 Å². The first-order chi connectivity index (χ1) is 8.95. The van der Waals surface area contributed by atoms with Crippen molar-refractivity contribution in [2.45, 2.75) is 63.7 Å². The molecule has 0 spiro atoms. The Hall–Kier alpha value is -0.830. The highest BCUT2D eigenvalue weighted by Gasteiger charge is 2.11. The number of hydrogen-bond donors (Lipinski definition) is 0. The Morgan fingerprint density at radius 1 is 1.00 bits per heavy atom. The van der Waals surface area contributed by atoms with E-state index in [0.29, 0.717) is 4.90 Å². The lowest BCUT2D eigenvalue weighted by molar-refractivity contribution is 0.600. The molecule has 0 aliphatic carbocycles. The van der Waals surface area contributed by atoms with E-state index in [4.69, 9.17) is 0 Å². The summed E-state index contributed by atoms with van der Waals surface area (Å²) in [6, 6.07) is 5.82. The van der Waals surface area contributed by atoms with Crippen molar-refractivity contribution in [3.05, 3.63) is 29.3 Å². The quantitative estimate of drug-likeness (QED) is 0.666. The van der Waals surface area contributed by atoms with Crippen LogP contribution in [0.4, 0.5) is 0 Å². The van der Waals surface area contributed by atoms with Gasteiger partial charge < -0.3 is 0 Å². The zero-order chi connectivity index (χ0) is 14.3. The fourth-order valence-corrected chi connectivity index (χ4v) is 3.33. The first-order valence-electron chi connectivity index (χ1n) is 7.24. The number of rotatable bonds is 8. The van der Waals surface area contributed by atoms with E-state index in [1.165, 1.54) is 38.4 Å². The van der Waals surface area contributed by atoms with Gasteiger partial charge in [0.25, 0.3) is 0 Å². The average Bonchev–Trinajstić information content (AvgIpc) is 2.34. The highest BCUT2D eigenvalue weighted by atomic mass is 32.2. The van der Waals surface area contributed by atoms with E-state index in [1.54, 1.807) is 0 Å². The van der Waals surface area contributed by atoms with Crippen LogP contribution in [0.2, 0.25) is 0 Å². The van der Waals surface area contributed by atoms with Gasteiger partial charge in [0.2, 0.25) is 0 Å². The lowest BCUT2D eigenvalue weighted by Crippen LogP contribution is -2.01. The number of aryl methyl sites for hydroxylation is 2. The molecule has 0 unspecified atom stereocenters.